The summed E-state index contributed by atoms with van der Waals surface area (Å²) in [7, 11) is 1.71. The van der Waals surface area contributed by atoms with Gasteiger partial charge in [-0.15, -0.1) is 0 Å². The molecular formula is C20H30N2O4. The summed E-state index contributed by atoms with van der Waals surface area (Å²) in [6.45, 7) is 5.47. The van der Waals surface area contributed by atoms with Gasteiger partial charge in [0.25, 0.3) is 0 Å². The third kappa shape index (κ3) is 5.73. The molecule has 6 nitrogen and oxygen atoms in total. The number of carbonyl (C=O) groups is 2. The summed E-state index contributed by atoms with van der Waals surface area (Å²) >= 11 is 0. The molecule has 1 aromatic rings. The SMILES string of the molecule is COC1CCN(C(=O)NC(CCC(=O)O)Cc2ccccc2)CC1(C)C. The Morgan fingerprint density at radius 2 is 2.04 bits per heavy atom. The maximum Gasteiger partial charge on any atom is 0.317 e. The fourth-order valence-electron chi connectivity index (χ4n) is 3.63. The lowest BCUT2D eigenvalue weighted by Gasteiger charge is -2.43. The molecule has 1 heterocycles. The molecule has 0 saturated carbocycles. The van der Waals surface area contributed by atoms with E-state index in [1.807, 2.05) is 35.2 Å². The summed E-state index contributed by atoms with van der Waals surface area (Å²) in [6, 6.07) is 9.49. The van der Waals surface area contributed by atoms with Crippen molar-refractivity contribution in [1.29, 1.82) is 0 Å². The van der Waals surface area contributed by atoms with Crippen LogP contribution < -0.4 is 5.32 Å². The Morgan fingerprint density at radius 3 is 2.62 bits per heavy atom. The minimum atomic E-state index is -0.848. The van der Waals surface area contributed by atoms with Gasteiger partial charge in [0.15, 0.2) is 0 Å². The number of nitrogens with zero attached hydrogens (tertiary/aromatic N) is 1. The number of likely N-dealkylation sites (tertiary alicyclic amines) is 1. The highest BCUT2D eigenvalue weighted by Gasteiger charge is 2.38. The molecule has 0 spiro atoms. The maximum atomic E-state index is 12.8. The Hall–Kier alpha value is -2.08. The van der Waals surface area contributed by atoms with E-state index in [4.69, 9.17) is 9.84 Å². The lowest BCUT2D eigenvalue weighted by atomic mass is 9.81. The second-order valence-corrected chi connectivity index (χ2v) is 7.69. The fraction of sp³-hybridized carbons (Fsp3) is 0.600. The zero-order valence-corrected chi connectivity index (χ0v) is 15.9. The van der Waals surface area contributed by atoms with E-state index in [0.717, 1.165) is 12.0 Å². The van der Waals surface area contributed by atoms with E-state index in [0.29, 0.717) is 25.9 Å². The normalized spacial score (nSPS) is 20.4. The number of hydrogen-bond acceptors (Lipinski definition) is 3. The molecule has 1 aliphatic heterocycles. The molecule has 1 aliphatic rings. The molecule has 1 aromatic carbocycles. The van der Waals surface area contributed by atoms with Crippen LogP contribution in [0.25, 0.3) is 0 Å². The fourth-order valence-corrected chi connectivity index (χ4v) is 3.63. The van der Waals surface area contributed by atoms with Crippen molar-refractivity contribution >= 4 is 12.0 Å². The van der Waals surface area contributed by atoms with Gasteiger partial charge in [-0.1, -0.05) is 44.2 Å². The van der Waals surface area contributed by atoms with Gasteiger partial charge in [-0.25, -0.2) is 4.79 Å². The highest BCUT2D eigenvalue weighted by Crippen LogP contribution is 2.31. The minimum absolute atomic E-state index is 0.0367. The Balaban J connectivity index is 1.99. The molecule has 1 fully saturated rings. The Bertz CT molecular complexity index is 603. The van der Waals surface area contributed by atoms with Gasteiger partial charge in [-0.3, -0.25) is 4.79 Å². The first-order chi connectivity index (χ1) is 12.3. The molecule has 0 radical (unpaired) electrons. The zero-order chi connectivity index (χ0) is 19.2. The van der Waals surface area contributed by atoms with Crippen LogP contribution in [-0.4, -0.2) is 54.4 Å². The van der Waals surface area contributed by atoms with Crippen LogP contribution in [0, 0.1) is 5.41 Å². The molecule has 2 amide bonds. The van der Waals surface area contributed by atoms with Gasteiger partial charge in [0, 0.05) is 38.1 Å². The highest BCUT2D eigenvalue weighted by molar-refractivity contribution is 5.75. The number of nitrogens with one attached hydrogen (secondary N) is 1. The number of carboxylic acid groups (broad SMARTS) is 1. The Kier molecular flexibility index (Phi) is 7.03. The van der Waals surface area contributed by atoms with Gasteiger partial charge in [-0.2, -0.15) is 0 Å². The van der Waals surface area contributed by atoms with Crippen LogP contribution in [0.4, 0.5) is 4.79 Å². The molecule has 0 bridgehead atoms. The highest BCUT2D eigenvalue weighted by atomic mass is 16.5. The molecule has 144 valence electrons. The van der Waals surface area contributed by atoms with Crippen LogP contribution in [-0.2, 0) is 16.0 Å². The average molecular weight is 362 g/mol. The summed E-state index contributed by atoms with van der Waals surface area (Å²) < 4.78 is 5.54. The first-order valence-electron chi connectivity index (χ1n) is 9.16. The number of methoxy groups -OCH3 is 1. The van der Waals surface area contributed by atoms with Crippen LogP contribution in [0.3, 0.4) is 0 Å². The van der Waals surface area contributed by atoms with Crippen LogP contribution >= 0.6 is 0 Å². The summed E-state index contributed by atoms with van der Waals surface area (Å²) in [5, 5.41) is 12.0. The van der Waals surface area contributed by atoms with Crippen LogP contribution in [0.15, 0.2) is 30.3 Å². The second kappa shape index (κ2) is 9.03. The van der Waals surface area contributed by atoms with Crippen molar-refractivity contribution in [2.24, 2.45) is 5.41 Å². The van der Waals surface area contributed by atoms with Gasteiger partial charge in [-0.05, 0) is 24.8 Å². The van der Waals surface area contributed by atoms with Gasteiger partial charge in [0.2, 0.25) is 0 Å². The van der Waals surface area contributed by atoms with Crippen molar-refractivity contribution in [2.75, 3.05) is 20.2 Å². The Morgan fingerprint density at radius 1 is 1.35 bits per heavy atom. The van der Waals surface area contributed by atoms with E-state index in [2.05, 4.69) is 19.2 Å². The number of carbonyl (C=O) groups excluding carboxylic acids is 1. The standard InChI is InChI=1S/C20H30N2O4/c1-20(2)14-22(12-11-17(20)26-3)19(25)21-16(9-10-18(23)24)13-15-7-5-4-6-8-15/h4-8,16-17H,9-14H2,1-3H3,(H,21,25)(H,23,24). The van der Waals surface area contributed by atoms with Crippen LogP contribution in [0.2, 0.25) is 0 Å². The molecule has 2 atom stereocenters. The predicted molar refractivity (Wildman–Crippen MR) is 100 cm³/mol. The number of urea groups is 1. The monoisotopic (exact) mass is 362 g/mol. The summed E-state index contributed by atoms with van der Waals surface area (Å²) in [4.78, 5) is 25.5. The van der Waals surface area contributed by atoms with E-state index in [-0.39, 0.29) is 30.0 Å². The lowest BCUT2D eigenvalue weighted by Crippen LogP contribution is -2.55. The summed E-state index contributed by atoms with van der Waals surface area (Å²) in [5.41, 5.74) is 0.974. The molecule has 2 unspecified atom stereocenters. The van der Waals surface area contributed by atoms with Crippen molar-refractivity contribution < 1.29 is 19.4 Å². The average Bonchev–Trinajstić information content (AvgIpc) is 2.59. The first-order valence-corrected chi connectivity index (χ1v) is 9.16. The van der Waals surface area contributed by atoms with Crippen molar-refractivity contribution in [3.05, 3.63) is 35.9 Å². The largest absolute Gasteiger partial charge is 0.481 e. The van der Waals surface area contributed by atoms with Gasteiger partial charge in [0.05, 0.1) is 6.10 Å². The van der Waals surface area contributed by atoms with Crippen molar-refractivity contribution in [3.8, 4) is 0 Å². The van der Waals surface area contributed by atoms with Crippen LogP contribution in [0.1, 0.15) is 38.7 Å². The first kappa shape index (κ1) is 20.2. The zero-order valence-electron chi connectivity index (χ0n) is 15.9. The number of aliphatic carboxylic acids is 1. The molecule has 0 aliphatic carbocycles. The maximum absolute atomic E-state index is 12.8. The molecule has 0 aromatic heterocycles. The number of benzene rings is 1. The van der Waals surface area contributed by atoms with E-state index >= 15 is 0 Å². The third-order valence-electron chi connectivity index (χ3n) is 5.06. The van der Waals surface area contributed by atoms with E-state index < -0.39 is 5.97 Å². The number of ether oxygens (including phenoxy) is 1. The predicted octanol–water partition coefficient (Wildman–Crippen LogP) is 2.92. The van der Waals surface area contributed by atoms with Crippen molar-refractivity contribution in [3.63, 3.8) is 0 Å². The number of piperidine rings is 1. The number of amides is 2. The molecule has 26 heavy (non-hydrogen) atoms. The van der Waals surface area contributed by atoms with Gasteiger partial charge in [0.1, 0.15) is 0 Å². The van der Waals surface area contributed by atoms with Crippen molar-refractivity contribution in [1.82, 2.24) is 10.2 Å². The van der Waals surface area contributed by atoms with Gasteiger partial charge < -0.3 is 20.1 Å². The molecular weight excluding hydrogens is 332 g/mol. The number of hydrogen-bond donors (Lipinski definition) is 2. The van der Waals surface area contributed by atoms with E-state index in [9.17, 15) is 9.59 Å². The molecule has 2 rings (SSSR count). The van der Waals surface area contributed by atoms with Crippen molar-refractivity contribution in [2.45, 2.75) is 51.7 Å². The Labute approximate surface area is 155 Å². The molecule has 1 saturated heterocycles. The quantitative estimate of drug-likeness (QED) is 0.782. The topological polar surface area (TPSA) is 78.9 Å². The third-order valence-corrected chi connectivity index (χ3v) is 5.06. The second-order valence-electron chi connectivity index (χ2n) is 7.69. The summed E-state index contributed by atoms with van der Waals surface area (Å²) in [5.74, 6) is -0.848. The van der Waals surface area contributed by atoms with E-state index in [1.165, 1.54) is 0 Å². The van der Waals surface area contributed by atoms with Gasteiger partial charge >= 0.3 is 12.0 Å². The summed E-state index contributed by atoms with van der Waals surface area (Å²) in [6.07, 6.45) is 2.01. The van der Waals surface area contributed by atoms with E-state index in [1.54, 1.807) is 7.11 Å². The van der Waals surface area contributed by atoms with Crippen LogP contribution in [0.5, 0.6) is 0 Å². The smallest absolute Gasteiger partial charge is 0.317 e. The number of carboxylic acids is 1. The molecule has 2 N–H and O–H groups in total. The lowest BCUT2D eigenvalue weighted by molar-refractivity contribution is -0.137. The molecule has 6 heteroatoms. The number of rotatable bonds is 7. The minimum Gasteiger partial charge on any atom is -0.481 e.